The van der Waals surface area contributed by atoms with Crippen LogP contribution in [-0.4, -0.2) is 63.6 Å². The molecule has 0 aliphatic carbocycles. The van der Waals surface area contributed by atoms with E-state index in [1.165, 1.54) is 0 Å². The van der Waals surface area contributed by atoms with Gasteiger partial charge in [-0.25, -0.2) is 0 Å². The normalized spacial score (nSPS) is 40.6. The Balaban J connectivity index is 2.77. The van der Waals surface area contributed by atoms with E-state index < -0.39 is 36.6 Å². The molecule has 6 nitrogen and oxygen atoms in total. The summed E-state index contributed by atoms with van der Waals surface area (Å²) in [5.41, 5.74) is 5.91. The van der Waals surface area contributed by atoms with E-state index in [0.717, 1.165) is 0 Å². The van der Waals surface area contributed by atoms with Crippen molar-refractivity contribution in [2.24, 2.45) is 11.7 Å². The molecule has 0 aromatic rings. The van der Waals surface area contributed by atoms with Crippen LogP contribution in [0.2, 0.25) is 0 Å². The summed E-state index contributed by atoms with van der Waals surface area (Å²) in [6.07, 6.45) is -4.94. The van der Waals surface area contributed by atoms with Crippen LogP contribution in [-0.2, 0) is 4.74 Å². The molecule has 1 rings (SSSR count). The highest BCUT2D eigenvalue weighted by molar-refractivity contribution is 4.96. The lowest BCUT2D eigenvalue weighted by atomic mass is 9.87. The second kappa shape index (κ2) is 6.08. The fourth-order valence-corrected chi connectivity index (χ4v) is 2.04. The predicted molar refractivity (Wildman–Crippen MR) is 61.2 cm³/mol. The second-order valence-electron chi connectivity index (χ2n) is 4.94. The number of hydrogen-bond acceptors (Lipinski definition) is 6. The minimum Gasteiger partial charge on any atom is -0.396 e. The van der Waals surface area contributed by atoms with Crippen molar-refractivity contribution in [3.63, 3.8) is 0 Å². The van der Waals surface area contributed by atoms with Crippen LogP contribution < -0.4 is 5.73 Å². The summed E-state index contributed by atoms with van der Waals surface area (Å²) in [7, 11) is 0. The largest absolute Gasteiger partial charge is 0.396 e. The number of ether oxygens (including phenoxy) is 1. The fraction of sp³-hybridized carbons (Fsp3) is 1.00. The van der Waals surface area contributed by atoms with Crippen LogP contribution in [0.25, 0.3) is 0 Å². The average molecular weight is 249 g/mol. The quantitative estimate of drug-likeness (QED) is 0.401. The zero-order valence-corrected chi connectivity index (χ0v) is 10.2. The zero-order valence-electron chi connectivity index (χ0n) is 10.2. The molecule has 0 saturated carbocycles. The first-order valence-corrected chi connectivity index (χ1v) is 5.96. The first-order valence-electron chi connectivity index (χ1n) is 5.96. The number of nitrogens with two attached hydrogens (primary N) is 1. The monoisotopic (exact) mass is 249 g/mol. The second-order valence-corrected chi connectivity index (χ2v) is 4.94. The molecule has 1 aliphatic heterocycles. The maximum absolute atomic E-state index is 9.84. The van der Waals surface area contributed by atoms with E-state index in [-0.39, 0.29) is 18.9 Å². The summed E-state index contributed by atoms with van der Waals surface area (Å²) < 4.78 is 5.50. The van der Waals surface area contributed by atoms with Gasteiger partial charge in [0, 0.05) is 12.6 Å². The topological polar surface area (TPSA) is 116 Å². The molecule has 0 amide bonds. The van der Waals surface area contributed by atoms with Gasteiger partial charge in [0.05, 0.1) is 6.10 Å². The maximum atomic E-state index is 9.84. The molecule has 6 heteroatoms. The lowest BCUT2D eigenvalue weighted by Gasteiger charge is -2.43. The number of hydrogen-bond donors (Lipinski definition) is 5. The first-order chi connectivity index (χ1) is 7.90. The Morgan fingerprint density at radius 2 is 1.71 bits per heavy atom. The summed E-state index contributed by atoms with van der Waals surface area (Å²) in [4.78, 5) is 0. The van der Waals surface area contributed by atoms with E-state index in [1.807, 2.05) is 13.8 Å². The Hall–Kier alpha value is -0.240. The molecule has 0 radical (unpaired) electrons. The first kappa shape index (κ1) is 14.8. The van der Waals surface area contributed by atoms with Crippen molar-refractivity contribution in [3.05, 3.63) is 0 Å². The van der Waals surface area contributed by atoms with E-state index in [2.05, 4.69) is 0 Å². The maximum Gasteiger partial charge on any atom is 0.111 e. The van der Waals surface area contributed by atoms with Crippen LogP contribution in [0.4, 0.5) is 0 Å². The third-order valence-electron chi connectivity index (χ3n) is 3.31. The van der Waals surface area contributed by atoms with Crippen molar-refractivity contribution in [3.8, 4) is 0 Å². The molecule has 6 atom stereocenters. The Morgan fingerprint density at radius 3 is 2.18 bits per heavy atom. The van der Waals surface area contributed by atoms with Gasteiger partial charge in [-0.3, -0.25) is 0 Å². The molecule has 6 N–H and O–H groups in total. The molecular formula is C11H23NO5. The Bertz CT molecular complexity index is 238. The van der Waals surface area contributed by atoms with E-state index in [0.29, 0.717) is 0 Å². The van der Waals surface area contributed by atoms with Crippen molar-refractivity contribution < 1.29 is 25.2 Å². The van der Waals surface area contributed by atoms with Crippen molar-refractivity contribution in [1.82, 2.24) is 0 Å². The van der Waals surface area contributed by atoms with Gasteiger partial charge in [0.1, 0.15) is 24.4 Å². The van der Waals surface area contributed by atoms with E-state index in [4.69, 9.17) is 15.6 Å². The predicted octanol–water partition coefficient (Wildman–Crippen LogP) is -1.80. The Morgan fingerprint density at radius 1 is 1.12 bits per heavy atom. The molecule has 0 aromatic heterocycles. The van der Waals surface area contributed by atoms with E-state index in [1.54, 1.807) is 0 Å². The third-order valence-corrected chi connectivity index (χ3v) is 3.31. The van der Waals surface area contributed by atoms with Crippen LogP contribution in [0.1, 0.15) is 20.3 Å². The zero-order chi connectivity index (χ0) is 13.2. The standard InChI is InChI=1S/C11H23NO5/c1-5(2)7(12)11-10(16)9(15)8(14)6(17-11)3-4-13/h5-11,13-16H,3-4,12H2,1-2H3. The van der Waals surface area contributed by atoms with Gasteiger partial charge in [0.25, 0.3) is 0 Å². The average Bonchev–Trinajstić information content (AvgIpc) is 2.29. The lowest BCUT2D eigenvalue weighted by Crippen LogP contribution is -2.63. The molecule has 102 valence electrons. The smallest absolute Gasteiger partial charge is 0.111 e. The molecule has 1 aliphatic rings. The van der Waals surface area contributed by atoms with Crippen LogP contribution in [0.15, 0.2) is 0 Å². The van der Waals surface area contributed by atoms with E-state index in [9.17, 15) is 15.3 Å². The summed E-state index contributed by atoms with van der Waals surface area (Å²) in [5, 5.41) is 38.1. The molecule has 1 heterocycles. The van der Waals surface area contributed by atoms with Crippen LogP contribution in [0.3, 0.4) is 0 Å². The van der Waals surface area contributed by atoms with Gasteiger partial charge in [0.2, 0.25) is 0 Å². The van der Waals surface area contributed by atoms with Gasteiger partial charge < -0.3 is 30.9 Å². The van der Waals surface area contributed by atoms with Gasteiger partial charge in [-0.2, -0.15) is 0 Å². The highest BCUT2D eigenvalue weighted by Gasteiger charge is 2.45. The van der Waals surface area contributed by atoms with Crippen molar-refractivity contribution in [2.75, 3.05) is 6.61 Å². The summed E-state index contributed by atoms with van der Waals surface area (Å²) in [6, 6.07) is -0.437. The number of aliphatic hydroxyl groups is 4. The van der Waals surface area contributed by atoms with Gasteiger partial charge in [-0.15, -0.1) is 0 Å². The number of aliphatic hydroxyl groups excluding tert-OH is 4. The van der Waals surface area contributed by atoms with Crippen molar-refractivity contribution in [2.45, 2.75) is 56.8 Å². The molecule has 1 saturated heterocycles. The lowest BCUT2D eigenvalue weighted by molar-refractivity contribution is -0.231. The van der Waals surface area contributed by atoms with Gasteiger partial charge in [-0.1, -0.05) is 13.8 Å². The molecular weight excluding hydrogens is 226 g/mol. The minimum atomic E-state index is -1.30. The highest BCUT2D eigenvalue weighted by atomic mass is 16.5. The van der Waals surface area contributed by atoms with Crippen LogP contribution in [0.5, 0.6) is 0 Å². The molecule has 1 fully saturated rings. The molecule has 0 aromatic carbocycles. The SMILES string of the molecule is CC(C)C(N)C1OC(CCO)C(O)C(O)C1O. The molecule has 0 spiro atoms. The van der Waals surface area contributed by atoms with Crippen LogP contribution in [0, 0.1) is 5.92 Å². The van der Waals surface area contributed by atoms with Crippen molar-refractivity contribution >= 4 is 0 Å². The molecule has 6 unspecified atom stereocenters. The summed E-state index contributed by atoms with van der Waals surface area (Å²) in [6.45, 7) is 3.62. The summed E-state index contributed by atoms with van der Waals surface area (Å²) >= 11 is 0. The highest BCUT2D eigenvalue weighted by Crippen LogP contribution is 2.26. The Kier molecular flexibility index (Phi) is 5.30. The minimum absolute atomic E-state index is 0.0758. The van der Waals surface area contributed by atoms with Gasteiger partial charge >= 0.3 is 0 Å². The van der Waals surface area contributed by atoms with Crippen LogP contribution >= 0.6 is 0 Å². The molecule has 0 bridgehead atoms. The summed E-state index contributed by atoms with van der Waals surface area (Å²) in [5.74, 6) is 0.0758. The van der Waals surface area contributed by atoms with Crippen molar-refractivity contribution in [1.29, 1.82) is 0 Å². The number of rotatable bonds is 4. The van der Waals surface area contributed by atoms with Gasteiger partial charge in [-0.05, 0) is 12.3 Å². The fourth-order valence-electron chi connectivity index (χ4n) is 2.04. The Labute approximate surface area is 101 Å². The van der Waals surface area contributed by atoms with Gasteiger partial charge in [0.15, 0.2) is 0 Å². The third kappa shape index (κ3) is 3.15. The van der Waals surface area contributed by atoms with E-state index >= 15 is 0 Å². The molecule has 17 heavy (non-hydrogen) atoms.